The summed E-state index contributed by atoms with van der Waals surface area (Å²) in [4.78, 5) is 2.40. The second-order valence-corrected chi connectivity index (χ2v) is 5.59. The number of halogens is 1. The average Bonchev–Trinajstić information content (AvgIpc) is 2.68. The van der Waals surface area contributed by atoms with Gasteiger partial charge < -0.3 is 4.74 Å². The van der Waals surface area contributed by atoms with Crippen molar-refractivity contribution < 1.29 is 9.13 Å². The third-order valence-corrected chi connectivity index (χ3v) is 4.06. The Morgan fingerprint density at radius 3 is 2.72 bits per heavy atom. The molecule has 2 unspecified atom stereocenters. The molecule has 0 spiro atoms. The van der Waals surface area contributed by atoms with Crippen LogP contribution in [0.25, 0.3) is 0 Å². The van der Waals surface area contributed by atoms with Gasteiger partial charge in [0.25, 0.3) is 0 Å². The molecule has 1 aromatic rings. The Morgan fingerprint density at radius 2 is 2.17 bits per heavy atom. The average molecular weight is 251 g/mol. The molecule has 0 aromatic heterocycles. The van der Waals surface area contributed by atoms with E-state index in [1.165, 1.54) is 6.07 Å². The highest BCUT2D eigenvalue weighted by molar-refractivity contribution is 5.27. The molecule has 1 fully saturated rings. The zero-order valence-electron chi connectivity index (χ0n) is 11.6. The molecule has 2 nitrogen and oxygen atoms in total. The van der Waals surface area contributed by atoms with Gasteiger partial charge in [-0.2, -0.15) is 0 Å². The van der Waals surface area contributed by atoms with E-state index < -0.39 is 0 Å². The van der Waals surface area contributed by atoms with Gasteiger partial charge in [0, 0.05) is 25.2 Å². The van der Waals surface area contributed by atoms with Crippen LogP contribution in [0.2, 0.25) is 0 Å². The normalized spacial score (nSPS) is 29.1. The lowest BCUT2D eigenvalue weighted by Crippen LogP contribution is -2.43. The van der Waals surface area contributed by atoms with Crippen molar-refractivity contribution in [1.82, 2.24) is 4.90 Å². The van der Waals surface area contributed by atoms with Crippen LogP contribution < -0.4 is 0 Å². The summed E-state index contributed by atoms with van der Waals surface area (Å²) < 4.78 is 19.0. The third kappa shape index (κ3) is 2.29. The van der Waals surface area contributed by atoms with Crippen LogP contribution in [0.4, 0.5) is 4.39 Å². The fourth-order valence-electron chi connectivity index (χ4n) is 3.09. The Hall–Kier alpha value is -0.930. The molecule has 2 atom stereocenters. The predicted octanol–water partition coefficient (Wildman–Crippen LogP) is 3.17. The smallest absolute Gasteiger partial charge is 0.123 e. The zero-order valence-corrected chi connectivity index (χ0v) is 11.6. The van der Waals surface area contributed by atoms with Crippen molar-refractivity contribution in [2.45, 2.75) is 44.9 Å². The Labute approximate surface area is 109 Å². The topological polar surface area (TPSA) is 12.5 Å². The van der Waals surface area contributed by atoms with Gasteiger partial charge in [0.15, 0.2) is 0 Å². The first-order chi connectivity index (χ1) is 8.47. The van der Waals surface area contributed by atoms with Gasteiger partial charge in [0.1, 0.15) is 5.82 Å². The predicted molar refractivity (Wildman–Crippen MR) is 71.0 cm³/mol. The summed E-state index contributed by atoms with van der Waals surface area (Å²) in [5, 5.41) is 0. The van der Waals surface area contributed by atoms with Gasteiger partial charge in [0.05, 0.1) is 6.10 Å². The Kier molecular flexibility index (Phi) is 3.74. The minimum absolute atomic E-state index is 0.142. The molecular formula is C15H22FNO. The summed E-state index contributed by atoms with van der Waals surface area (Å²) in [6.45, 7) is 7.44. The molecule has 3 heteroatoms. The minimum Gasteiger partial charge on any atom is -0.380 e. The molecule has 1 saturated heterocycles. The summed E-state index contributed by atoms with van der Waals surface area (Å²) in [5.74, 6) is -0.168. The maximum absolute atomic E-state index is 13.4. The Morgan fingerprint density at radius 1 is 1.44 bits per heavy atom. The lowest BCUT2D eigenvalue weighted by molar-refractivity contribution is 0.0979. The molecule has 0 radical (unpaired) electrons. The van der Waals surface area contributed by atoms with Gasteiger partial charge >= 0.3 is 0 Å². The molecule has 0 aliphatic carbocycles. The van der Waals surface area contributed by atoms with Crippen molar-refractivity contribution in [3.63, 3.8) is 0 Å². The van der Waals surface area contributed by atoms with Crippen molar-refractivity contribution >= 4 is 0 Å². The number of rotatable bonds is 3. The van der Waals surface area contributed by atoms with Crippen molar-refractivity contribution in [2.75, 3.05) is 13.7 Å². The summed E-state index contributed by atoms with van der Waals surface area (Å²) in [5.41, 5.74) is 0.896. The SMILES string of the molecule is COC1CN(C(C)C)C(C)(c2cccc(F)c2)C1. The highest BCUT2D eigenvalue weighted by atomic mass is 19.1. The van der Waals surface area contributed by atoms with Gasteiger partial charge in [-0.05, 0) is 44.9 Å². The Bertz CT molecular complexity index is 421. The monoisotopic (exact) mass is 251 g/mol. The molecule has 2 rings (SSSR count). The lowest BCUT2D eigenvalue weighted by atomic mass is 9.88. The number of benzene rings is 1. The van der Waals surface area contributed by atoms with E-state index in [1.54, 1.807) is 19.2 Å². The molecule has 18 heavy (non-hydrogen) atoms. The zero-order chi connectivity index (χ0) is 13.3. The minimum atomic E-state index is -0.168. The molecule has 1 aliphatic rings. The summed E-state index contributed by atoms with van der Waals surface area (Å²) >= 11 is 0. The van der Waals surface area contributed by atoms with Crippen LogP contribution in [0.3, 0.4) is 0 Å². The van der Waals surface area contributed by atoms with Gasteiger partial charge in [0.2, 0.25) is 0 Å². The molecule has 100 valence electrons. The van der Waals surface area contributed by atoms with Gasteiger partial charge in [-0.15, -0.1) is 0 Å². The van der Waals surface area contributed by atoms with Gasteiger partial charge in [-0.25, -0.2) is 4.39 Å². The highest BCUT2D eigenvalue weighted by Crippen LogP contribution is 2.40. The number of nitrogens with zero attached hydrogens (tertiary/aromatic N) is 1. The molecule has 0 amide bonds. The molecule has 1 aliphatic heterocycles. The number of hydrogen-bond acceptors (Lipinski definition) is 2. The molecule has 1 heterocycles. The maximum atomic E-state index is 13.4. The van der Waals surface area contributed by atoms with E-state index >= 15 is 0 Å². The van der Waals surface area contributed by atoms with Crippen LogP contribution in [-0.4, -0.2) is 30.7 Å². The number of likely N-dealkylation sites (tertiary alicyclic amines) is 1. The van der Waals surface area contributed by atoms with E-state index in [0.29, 0.717) is 6.04 Å². The first kappa shape index (κ1) is 13.5. The quantitative estimate of drug-likeness (QED) is 0.818. The van der Waals surface area contributed by atoms with Crippen LogP contribution in [-0.2, 0) is 10.3 Å². The van der Waals surface area contributed by atoms with E-state index in [4.69, 9.17) is 4.74 Å². The number of ether oxygens (including phenoxy) is 1. The summed E-state index contributed by atoms with van der Waals surface area (Å²) in [6, 6.07) is 7.35. The molecule has 0 bridgehead atoms. The van der Waals surface area contributed by atoms with Crippen LogP contribution >= 0.6 is 0 Å². The second kappa shape index (κ2) is 4.98. The molecular weight excluding hydrogens is 229 g/mol. The number of methoxy groups -OCH3 is 1. The van der Waals surface area contributed by atoms with Crippen LogP contribution in [0.1, 0.15) is 32.8 Å². The maximum Gasteiger partial charge on any atom is 0.123 e. The van der Waals surface area contributed by atoms with E-state index in [1.807, 2.05) is 6.07 Å². The van der Waals surface area contributed by atoms with Crippen molar-refractivity contribution in [1.29, 1.82) is 0 Å². The van der Waals surface area contributed by atoms with Crippen molar-refractivity contribution in [2.24, 2.45) is 0 Å². The summed E-state index contributed by atoms with van der Waals surface area (Å²) in [6.07, 6.45) is 1.13. The van der Waals surface area contributed by atoms with Gasteiger partial charge in [-0.1, -0.05) is 12.1 Å². The molecule has 0 saturated carbocycles. The summed E-state index contributed by atoms with van der Waals surface area (Å²) in [7, 11) is 1.75. The fourth-order valence-corrected chi connectivity index (χ4v) is 3.09. The third-order valence-electron chi connectivity index (χ3n) is 4.06. The largest absolute Gasteiger partial charge is 0.380 e. The van der Waals surface area contributed by atoms with Crippen LogP contribution in [0.5, 0.6) is 0 Å². The van der Waals surface area contributed by atoms with E-state index in [2.05, 4.69) is 25.7 Å². The first-order valence-corrected chi connectivity index (χ1v) is 6.53. The van der Waals surface area contributed by atoms with E-state index in [-0.39, 0.29) is 17.5 Å². The van der Waals surface area contributed by atoms with Crippen LogP contribution in [0.15, 0.2) is 24.3 Å². The second-order valence-electron chi connectivity index (χ2n) is 5.59. The molecule has 0 N–H and O–H groups in total. The van der Waals surface area contributed by atoms with E-state index in [0.717, 1.165) is 18.5 Å². The van der Waals surface area contributed by atoms with Crippen molar-refractivity contribution in [3.05, 3.63) is 35.6 Å². The van der Waals surface area contributed by atoms with Crippen LogP contribution in [0, 0.1) is 5.82 Å². The van der Waals surface area contributed by atoms with Gasteiger partial charge in [-0.3, -0.25) is 4.90 Å². The lowest BCUT2D eigenvalue weighted by Gasteiger charge is -2.38. The first-order valence-electron chi connectivity index (χ1n) is 6.53. The van der Waals surface area contributed by atoms with E-state index in [9.17, 15) is 4.39 Å². The number of hydrogen-bond donors (Lipinski definition) is 0. The highest BCUT2D eigenvalue weighted by Gasteiger charge is 2.44. The fraction of sp³-hybridized carbons (Fsp3) is 0.600. The molecule has 1 aromatic carbocycles. The van der Waals surface area contributed by atoms with Crippen molar-refractivity contribution in [3.8, 4) is 0 Å². The standard InChI is InChI=1S/C15H22FNO/c1-11(2)17-10-14(18-4)9-15(17,3)12-6-5-7-13(16)8-12/h5-8,11,14H,9-10H2,1-4H3. The Balaban J connectivity index is 2.38.